The summed E-state index contributed by atoms with van der Waals surface area (Å²) in [5.41, 5.74) is 0. The zero-order chi connectivity index (χ0) is 12.0. The molecule has 0 aromatic heterocycles. The molecule has 1 heterocycles. The number of carbonyl (C=O) groups is 1. The summed E-state index contributed by atoms with van der Waals surface area (Å²) < 4.78 is 4.94. The Morgan fingerprint density at radius 2 is 2.00 bits per heavy atom. The third kappa shape index (κ3) is 4.37. The molecule has 1 N–H and O–H groups in total. The van der Waals surface area contributed by atoms with Crippen molar-refractivity contribution in [3.63, 3.8) is 0 Å². The highest BCUT2D eigenvalue weighted by molar-refractivity contribution is 5.67. The van der Waals surface area contributed by atoms with Crippen molar-refractivity contribution in [3.8, 4) is 0 Å². The van der Waals surface area contributed by atoms with Crippen molar-refractivity contribution in [2.75, 3.05) is 39.3 Å². The standard InChI is InChI=1S/C11H22N2O3/c1-3-16-11(15)13-8-6-12(7-9-13)5-4-10(2)14/h10,14H,3-9H2,1-2H3. The zero-order valence-electron chi connectivity index (χ0n) is 10.2. The minimum atomic E-state index is -0.247. The summed E-state index contributed by atoms with van der Waals surface area (Å²) in [6.07, 6.45) is 0.333. The van der Waals surface area contributed by atoms with Crippen LogP contribution in [0.15, 0.2) is 0 Å². The maximum atomic E-state index is 11.4. The van der Waals surface area contributed by atoms with Gasteiger partial charge in [0.15, 0.2) is 0 Å². The van der Waals surface area contributed by atoms with Crippen LogP contribution >= 0.6 is 0 Å². The largest absolute Gasteiger partial charge is 0.450 e. The average molecular weight is 230 g/mol. The van der Waals surface area contributed by atoms with E-state index in [4.69, 9.17) is 4.74 Å². The summed E-state index contributed by atoms with van der Waals surface area (Å²) in [4.78, 5) is 15.4. The van der Waals surface area contributed by atoms with Gasteiger partial charge in [-0.3, -0.25) is 4.90 Å². The van der Waals surface area contributed by atoms with Gasteiger partial charge in [0.25, 0.3) is 0 Å². The number of hydrogen-bond donors (Lipinski definition) is 1. The van der Waals surface area contributed by atoms with Crippen LogP contribution in [0.2, 0.25) is 0 Å². The Kier molecular flexibility index (Phi) is 5.55. The quantitative estimate of drug-likeness (QED) is 0.765. The van der Waals surface area contributed by atoms with Gasteiger partial charge in [0, 0.05) is 32.7 Å². The van der Waals surface area contributed by atoms with E-state index in [1.54, 1.807) is 11.8 Å². The molecule has 0 aromatic rings. The van der Waals surface area contributed by atoms with Gasteiger partial charge in [-0.2, -0.15) is 0 Å². The molecule has 0 spiro atoms. The Labute approximate surface area is 97.0 Å². The molecule has 1 atom stereocenters. The molecular weight excluding hydrogens is 208 g/mol. The molecule has 0 saturated carbocycles. The summed E-state index contributed by atoms with van der Waals surface area (Å²) in [5.74, 6) is 0. The van der Waals surface area contributed by atoms with E-state index in [9.17, 15) is 9.90 Å². The highest BCUT2D eigenvalue weighted by atomic mass is 16.6. The summed E-state index contributed by atoms with van der Waals surface area (Å²) in [7, 11) is 0. The monoisotopic (exact) mass is 230 g/mol. The molecule has 0 aliphatic carbocycles. The molecule has 1 amide bonds. The summed E-state index contributed by atoms with van der Waals surface area (Å²) in [6, 6.07) is 0. The van der Waals surface area contributed by atoms with Gasteiger partial charge in [0.05, 0.1) is 12.7 Å². The molecule has 1 aliphatic rings. The van der Waals surface area contributed by atoms with Gasteiger partial charge >= 0.3 is 6.09 Å². The topological polar surface area (TPSA) is 53.0 Å². The Bertz CT molecular complexity index is 213. The molecule has 0 radical (unpaired) electrons. The Morgan fingerprint density at radius 3 is 2.50 bits per heavy atom. The Morgan fingerprint density at radius 1 is 1.38 bits per heavy atom. The average Bonchev–Trinajstić information content (AvgIpc) is 2.27. The summed E-state index contributed by atoms with van der Waals surface area (Å²) >= 11 is 0. The van der Waals surface area contributed by atoms with Crippen LogP contribution in [0.4, 0.5) is 4.79 Å². The van der Waals surface area contributed by atoms with E-state index in [1.165, 1.54) is 0 Å². The minimum Gasteiger partial charge on any atom is -0.450 e. The molecule has 1 aliphatic heterocycles. The van der Waals surface area contributed by atoms with E-state index in [2.05, 4.69) is 4.90 Å². The van der Waals surface area contributed by atoms with E-state index in [0.717, 1.165) is 39.1 Å². The van der Waals surface area contributed by atoms with Crippen LogP contribution in [0.5, 0.6) is 0 Å². The predicted octanol–water partition coefficient (Wildman–Crippen LogP) is 0.531. The fourth-order valence-corrected chi connectivity index (χ4v) is 1.74. The van der Waals surface area contributed by atoms with E-state index in [1.807, 2.05) is 6.92 Å². The van der Waals surface area contributed by atoms with Crippen LogP contribution in [0.25, 0.3) is 0 Å². The molecule has 1 fully saturated rings. The highest BCUT2D eigenvalue weighted by Crippen LogP contribution is 2.05. The van der Waals surface area contributed by atoms with E-state index in [-0.39, 0.29) is 12.2 Å². The molecule has 0 aromatic carbocycles. The number of aliphatic hydroxyl groups is 1. The van der Waals surface area contributed by atoms with Crippen molar-refractivity contribution in [3.05, 3.63) is 0 Å². The van der Waals surface area contributed by atoms with Crippen LogP contribution in [-0.4, -0.2) is 66.4 Å². The Hall–Kier alpha value is -0.810. The highest BCUT2D eigenvalue weighted by Gasteiger charge is 2.21. The third-order valence-electron chi connectivity index (χ3n) is 2.76. The molecule has 94 valence electrons. The number of hydrogen-bond acceptors (Lipinski definition) is 4. The molecule has 5 heteroatoms. The van der Waals surface area contributed by atoms with Crippen molar-refractivity contribution < 1.29 is 14.6 Å². The van der Waals surface area contributed by atoms with Crippen molar-refractivity contribution in [2.45, 2.75) is 26.4 Å². The van der Waals surface area contributed by atoms with E-state index < -0.39 is 0 Å². The lowest BCUT2D eigenvalue weighted by Crippen LogP contribution is -2.49. The summed E-state index contributed by atoms with van der Waals surface area (Å²) in [6.45, 7) is 8.12. The number of piperazine rings is 1. The van der Waals surface area contributed by atoms with Crippen LogP contribution in [0.3, 0.4) is 0 Å². The van der Waals surface area contributed by atoms with E-state index in [0.29, 0.717) is 6.61 Å². The number of ether oxygens (including phenoxy) is 1. The van der Waals surface area contributed by atoms with Crippen molar-refractivity contribution in [1.29, 1.82) is 0 Å². The fourth-order valence-electron chi connectivity index (χ4n) is 1.74. The van der Waals surface area contributed by atoms with Crippen molar-refractivity contribution >= 4 is 6.09 Å². The molecule has 0 bridgehead atoms. The second kappa shape index (κ2) is 6.70. The third-order valence-corrected chi connectivity index (χ3v) is 2.76. The molecule has 1 saturated heterocycles. The number of carbonyl (C=O) groups excluding carboxylic acids is 1. The van der Waals surface area contributed by atoms with Gasteiger partial charge in [-0.15, -0.1) is 0 Å². The number of nitrogens with zero attached hydrogens (tertiary/aromatic N) is 2. The first-order valence-corrected chi connectivity index (χ1v) is 5.95. The predicted molar refractivity (Wildman–Crippen MR) is 61.3 cm³/mol. The van der Waals surface area contributed by atoms with Crippen LogP contribution in [0.1, 0.15) is 20.3 Å². The van der Waals surface area contributed by atoms with Gasteiger partial charge in [-0.05, 0) is 20.3 Å². The Balaban J connectivity index is 2.20. The number of amides is 1. The maximum absolute atomic E-state index is 11.4. The van der Waals surface area contributed by atoms with Crippen molar-refractivity contribution in [2.24, 2.45) is 0 Å². The second-order valence-corrected chi connectivity index (χ2v) is 4.17. The van der Waals surface area contributed by atoms with Gasteiger partial charge in [-0.25, -0.2) is 4.79 Å². The molecule has 1 rings (SSSR count). The van der Waals surface area contributed by atoms with Crippen LogP contribution < -0.4 is 0 Å². The van der Waals surface area contributed by atoms with Gasteiger partial charge in [-0.1, -0.05) is 0 Å². The van der Waals surface area contributed by atoms with Gasteiger partial charge in [0.2, 0.25) is 0 Å². The fraction of sp³-hybridized carbons (Fsp3) is 0.909. The lowest BCUT2D eigenvalue weighted by molar-refractivity contribution is 0.0740. The molecule has 5 nitrogen and oxygen atoms in total. The number of aliphatic hydroxyl groups excluding tert-OH is 1. The SMILES string of the molecule is CCOC(=O)N1CCN(CCC(C)O)CC1. The summed E-state index contributed by atoms with van der Waals surface area (Å²) in [5, 5.41) is 9.18. The zero-order valence-corrected chi connectivity index (χ0v) is 10.2. The smallest absolute Gasteiger partial charge is 0.409 e. The first kappa shape index (κ1) is 13.3. The first-order valence-electron chi connectivity index (χ1n) is 5.95. The molecular formula is C11H22N2O3. The number of rotatable bonds is 4. The lowest BCUT2D eigenvalue weighted by Gasteiger charge is -2.34. The van der Waals surface area contributed by atoms with E-state index >= 15 is 0 Å². The van der Waals surface area contributed by atoms with Crippen LogP contribution in [-0.2, 0) is 4.74 Å². The lowest BCUT2D eigenvalue weighted by atomic mass is 10.2. The second-order valence-electron chi connectivity index (χ2n) is 4.17. The van der Waals surface area contributed by atoms with Crippen molar-refractivity contribution in [1.82, 2.24) is 9.80 Å². The minimum absolute atomic E-state index is 0.210. The molecule has 1 unspecified atom stereocenters. The van der Waals surface area contributed by atoms with Gasteiger partial charge < -0.3 is 14.7 Å². The first-order chi connectivity index (χ1) is 7.63. The normalized spacial score (nSPS) is 19.6. The van der Waals surface area contributed by atoms with Crippen LogP contribution in [0, 0.1) is 0 Å². The maximum Gasteiger partial charge on any atom is 0.409 e. The molecule has 16 heavy (non-hydrogen) atoms. The van der Waals surface area contributed by atoms with Gasteiger partial charge in [0.1, 0.15) is 0 Å².